The van der Waals surface area contributed by atoms with Crippen molar-refractivity contribution in [2.24, 2.45) is 0 Å². The molecule has 0 amide bonds. The quantitative estimate of drug-likeness (QED) is 0.777. The molecule has 1 aliphatic rings. The predicted molar refractivity (Wildman–Crippen MR) is 77.8 cm³/mol. The van der Waals surface area contributed by atoms with E-state index in [2.05, 4.69) is 29.7 Å². The third-order valence-electron chi connectivity index (χ3n) is 3.73. The lowest BCUT2D eigenvalue weighted by molar-refractivity contribution is 0.0595. The number of hydrogen-bond donors (Lipinski definition) is 0. The average molecular weight is 279 g/mol. The minimum Gasteiger partial charge on any atom is -0.379 e. The monoisotopic (exact) mass is 278 g/mol. The summed E-state index contributed by atoms with van der Waals surface area (Å²) < 4.78 is 7.90. The number of alkyl halides is 1. The topological polar surface area (TPSA) is 27.1 Å². The van der Waals surface area contributed by atoms with E-state index >= 15 is 0 Å². The number of rotatable bonds is 2. The molecule has 0 bridgehead atoms. The Bertz CT molecular complexity index is 585. The Morgan fingerprint density at radius 2 is 2.32 bits per heavy atom. The van der Waals surface area contributed by atoms with E-state index in [4.69, 9.17) is 21.3 Å². The second kappa shape index (κ2) is 5.14. The SMILES string of the molecule is Cc1ccc2c(c1)nc(C(C)Cl)n2C1CCCOC1. The van der Waals surface area contributed by atoms with E-state index in [1.165, 1.54) is 11.1 Å². The van der Waals surface area contributed by atoms with Gasteiger partial charge in [-0.15, -0.1) is 11.6 Å². The van der Waals surface area contributed by atoms with Crippen LogP contribution in [-0.2, 0) is 4.74 Å². The van der Waals surface area contributed by atoms with Crippen LogP contribution in [-0.4, -0.2) is 22.8 Å². The summed E-state index contributed by atoms with van der Waals surface area (Å²) in [6.45, 7) is 5.70. The summed E-state index contributed by atoms with van der Waals surface area (Å²) in [4.78, 5) is 4.72. The first-order chi connectivity index (χ1) is 9.16. The fraction of sp³-hybridized carbons (Fsp3) is 0.533. The molecule has 2 unspecified atom stereocenters. The van der Waals surface area contributed by atoms with Gasteiger partial charge in [-0.05, 0) is 44.4 Å². The minimum absolute atomic E-state index is 0.0883. The van der Waals surface area contributed by atoms with Crippen molar-refractivity contribution in [1.29, 1.82) is 0 Å². The van der Waals surface area contributed by atoms with E-state index in [1.54, 1.807) is 0 Å². The summed E-state index contributed by atoms with van der Waals surface area (Å²) >= 11 is 6.31. The number of hydrogen-bond acceptors (Lipinski definition) is 2. The fourth-order valence-corrected chi connectivity index (χ4v) is 2.97. The van der Waals surface area contributed by atoms with E-state index in [0.29, 0.717) is 6.04 Å². The minimum atomic E-state index is -0.0883. The van der Waals surface area contributed by atoms with Crippen LogP contribution in [0.4, 0.5) is 0 Å². The lowest BCUT2D eigenvalue weighted by atomic mass is 10.1. The number of aryl methyl sites for hydroxylation is 1. The highest BCUT2D eigenvalue weighted by atomic mass is 35.5. The van der Waals surface area contributed by atoms with Crippen molar-refractivity contribution < 1.29 is 4.74 Å². The van der Waals surface area contributed by atoms with Crippen molar-refractivity contribution >= 4 is 22.6 Å². The first kappa shape index (κ1) is 12.9. The lowest BCUT2D eigenvalue weighted by Crippen LogP contribution is -2.23. The molecule has 0 radical (unpaired) electrons. The van der Waals surface area contributed by atoms with Crippen molar-refractivity contribution in [2.45, 2.75) is 38.1 Å². The van der Waals surface area contributed by atoms with Crippen molar-refractivity contribution in [2.75, 3.05) is 13.2 Å². The summed E-state index contributed by atoms with van der Waals surface area (Å²) in [6.07, 6.45) is 2.24. The van der Waals surface area contributed by atoms with Gasteiger partial charge in [-0.1, -0.05) is 6.07 Å². The first-order valence-corrected chi connectivity index (χ1v) is 7.31. The van der Waals surface area contributed by atoms with Crippen molar-refractivity contribution in [1.82, 2.24) is 9.55 Å². The summed E-state index contributed by atoms with van der Waals surface area (Å²) in [7, 11) is 0. The Kier molecular flexibility index (Phi) is 3.50. The molecule has 1 aromatic carbocycles. The standard InChI is InChI=1S/C15H19ClN2O/c1-10-5-6-14-13(8-10)17-15(11(2)16)18(14)12-4-3-7-19-9-12/h5-6,8,11-12H,3-4,7,9H2,1-2H3. The summed E-state index contributed by atoms with van der Waals surface area (Å²) in [5.41, 5.74) is 3.43. The second-order valence-corrected chi connectivity index (χ2v) is 5.97. The number of aromatic nitrogens is 2. The molecule has 1 fully saturated rings. The molecule has 1 saturated heterocycles. The van der Waals surface area contributed by atoms with Crippen LogP contribution in [0.2, 0.25) is 0 Å². The highest BCUT2D eigenvalue weighted by Gasteiger charge is 2.23. The number of nitrogens with zero attached hydrogens (tertiary/aromatic N) is 2. The maximum atomic E-state index is 6.31. The van der Waals surface area contributed by atoms with Crippen LogP contribution in [0.15, 0.2) is 18.2 Å². The van der Waals surface area contributed by atoms with Gasteiger partial charge in [0.1, 0.15) is 5.82 Å². The molecule has 0 saturated carbocycles. The highest BCUT2D eigenvalue weighted by molar-refractivity contribution is 6.20. The number of fused-ring (bicyclic) bond motifs is 1. The molecule has 1 aromatic heterocycles. The molecule has 0 aliphatic carbocycles. The van der Waals surface area contributed by atoms with Gasteiger partial charge in [0.05, 0.1) is 29.1 Å². The van der Waals surface area contributed by atoms with Gasteiger partial charge in [-0.2, -0.15) is 0 Å². The molecule has 2 aromatic rings. The highest BCUT2D eigenvalue weighted by Crippen LogP contribution is 2.31. The van der Waals surface area contributed by atoms with E-state index < -0.39 is 0 Å². The first-order valence-electron chi connectivity index (χ1n) is 6.87. The van der Waals surface area contributed by atoms with Gasteiger partial charge in [0, 0.05) is 6.61 Å². The molecule has 19 heavy (non-hydrogen) atoms. The summed E-state index contributed by atoms with van der Waals surface area (Å²) in [5, 5.41) is -0.0883. The van der Waals surface area contributed by atoms with Gasteiger partial charge in [-0.3, -0.25) is 0 Å². The van der Waals surface area contributed by atoms with Crippen LogP contribution < -0.4 is 0 Å². The predicted octanol–water partition coefficient (Wildman–Crippen LogP) is 4.00. The normalized spacial score (nSPS) is 21.7. The molecule has 4 heteroatoms. The third kappa shape index (κ3) is 2.37. The average Bonchev–Trinajstić information content (AvgIpc) is 2.78. The van der Waals surface area contributed by atoms with Gasteiger partial charge in [0.25, 0.3) is 0 Å². The zero-order chi connectivity index (χ0) is 13.4. The van der Waals surface area contributed by atoms with Crippen molar-refractivity contribution in [3.05, 3.63) is 29.6 Å². The van der Waals surface area contributed by atoms with Crippen LogP contribution in [0, 0.1) is 6.92 Å². The van der Waals surface area contributed by atoms with Gasteiger partial charge in [0.15, 0.2) is 0 Å². The number of benzene rings is 1. The fourth-order valence-electron chi connectivity index (χ4n) is 2.82. The Balaban J connectivity index is 2.15. The molecule has 2 atom stereocenters. The van der Waals surface area contributed by atoms with Gasteiger partial charge in [-0.25, -0.2) is 4.98 Å². The Morgan fingerprint density at radius 3 is 3.00 bits per heavy atom. The molecular formula is C15H19ClN2O. The molecular weight excluding hydrogens is 260 g/mol. The maximum absolute atomic E-state index is 6.31. The summed E-state index contributed by atoms with van der Waals surface area (Å²) in [6, 6.07) is 6.76. The molecule has 0 N–H and O–H groups in total. The van der Waals surface area contributed by atoms with Crippen LogP contribution >= 0.6 is 11.6 Å². The molecule has 3 rings (SSSR count). The molecule has 3 nitrogen and oxygen atoms in total. The molecule has 102 valence electrons. The van der Waals surface area contributed by atoms with Crippen LogP contribution in [0.3, 0.4) is 0 Å². The lowest BCUT2D eigenvalue weighted by Gasteiger charge is -2.26. The van der Waals surface area contributed by atoms with Crippen LogP contribution in [0.5, 0.6) is 0 Å². The van der Waals surface area contributed by atoms with Gasteiger partial charge < -0.3 is 9.30 Å². The Morgan fingerprint density at radius 1 is 1.47 bits per heavy atom. The van der Waals surface area contributed by atoms with E-state index in [9.17, 15) is 0 Å². The number of halogens is 1. The molecule has 1 aliphatic heterocycles. The molecule has 0 spiro atoms. The summed E-state index contributed by atoms with van der Waals surface area (Å²) in [5.74, 6) is 0.956. The maximum Gasteiger partial charge on any atom is 0.128 e. The van der Waals surface area contributed by atoms with Crippen molar-refractivity contribution in [3.8, 4) is 0 Å². The zero-order valence-electron chi connectivity index (χ0n) is 11.4. The van der Waals surface area contributed by atoms with Crippen LogP contribution in [0.1, 0.15) is 42.6 Å². The molecule has 2 heterocycles. The van der Waals surface area contributed by atoms with E-state index in [1.807, 2.05) is 6.92 Å². The van der Waals surface area contributed by atoms with Gasteiger partial charge in [0.2, 0.25) is 0 Å². The van der Waals surface area contributed by atoms with E-state index in [0.717, 1.165) is 37.4 Å². The Labute approximate surface area is 118 Å². The third-order valence-corrected chi connectivity index (χ3v) is 3.92. The largest absolute Gasteiger partial charge is 0.379 e. The van der Waals surface area contributed by atoms with Crippen LogP contribution in [0.25, 0.3) is 11.0 Å². The Hall–Kier alpha value is -1.06. The number of ether oxygens (including phenoxy) is 1. The smallest absolute Gasteiger partial charge is 0.128 e. The van der Waals surface area contributed by atoms with E-state index in [-0.39, 0.29) is 5.38 Å². The zero-order valence-corrected chi connectivity index (χ0v) is 12.2. The number of imidazole rings is 1. The van der Waals surface area contributed by atoms with Gasteiger partial charge >= 0.3 is 0 Å². The van der Waals surface area contributed by atoms with Crippen molar-refractivity contribution in [3.63, 3.8) is 0 Å². The second-order valence-electron chi connectivity index (χ2n) is 5.32.